The Balaban J connectivity index is 1.76. The van der Waals surface area contributed by atoms with Crippen LogP contribution >= 0.6 is 0 Å². The number of carbonyl (C=O) groups excluding carboxylic acids is 2. The van der Waals surface area contributed by atoms with Crippen LogP contribution in [0.15, 0.2) is 29.1 Å². The number of H-pyrrole nitrogens is 1. The van der Waals surface area contributed by atoms with Gasteiger partial charge in [0, 0.05) is 17.5 Å². The van der Waals surface area contributed by atoms with Crippen LogP contribution in [0.4, 0.5) is 0 Å². The summed E-state index contributed by atoms with van der Waals surface area (Å²) in [7, 11) is -3.16. The van der Waals surface area contributed by atoms with Crippen LogP contribution in [0.2, 0.25) is 0 Å². The lowest BCUT2D eigenvalue weighted by Gasteiger charge is -2.33. The van der Waals surface area contributed by atoms with E-state index in [2.05, 4.69) is 10.2 Å². The number of fused-ring (bicyclic) bond motifs is 1. The van der Waals surface area contributed by atoms with Gasteiger partial charge in [-0.15, -0.1) is 0 Å². The van der Waals surface area contributed by atoms with Crippen molar-refractivity contribution in [2.45, 2.75) is 38.8 Å². The maximum absolute atomic E-state index is 12.8. The average molecular weight is 421 g/mol. The van der Waals surface area contributed by atoms with E-state index in [-0.39, 0.29) is 28.6 Å². The van der Waals surface area contributed by atoms with E-state index in [1.807, 2.05) is 13.8 Å². The van der Waals surface area contributed by atoms with E-state index in [0.29, 0.717) is 18.2 Å². The van der Waals surface area contributed by atoms with Crippen molar-refractivity contribution < 1.29 is 22.7 Å². The molecule has 2 heterocycles. The Bertz CT molecular complexity index is 1090. The van der Waals surface area contributed by atoms with Crippen LogP contribution in [0.1, 0.15) is 37.2 Å². The van der Waals surface area contributed by atoms with E-state index in [1.165, 1.54) is 4.90 Å². The lowest BCUT2D eigenvalue weighted by Crippen LogP contribution is -2.48. The zero-order valence-corrected chi connectivity index (χ0v) is 17.1. The Morgan fingerprint density at radius 3 is 2.62 bits per heavy atom. The van der Waals surface area contributed by atoms with Gasteiger partial charge in [-0.05, 0) is 25.8 Å². The molecule has 9 nitrogen and oxygen atoms in total. The van der Waals surface area contributed by atoms with Crippen LogP contribution in [0, 0.1) is 0 Å². The Labute approximate surface area is 168 Å². The Kier molecular flexibility index (Phi) is 6.02. The molecule has 1 N–H and O–H groups in total. The molecule has 1 aromatic carbocycles. The Morgan fingerprint density at radius 1 is 1.31 bits per heavy atom. The van der Waals surface area contributed by atoms with Gasteiger partial charge in [0.15, 0.2) is 22.1 Å². The van der Waals surface area contributed by atoms with Gasteiger partial charge in [-0.2, -0.15) is 5.10 Å². The molecule has 156 valence electrons. The number of nitrogens with zero attached hydrogens (tertiary/aromatic N) is 2. The molecule has 1 saturated heterocycles. The topological polar surface area (TPSA) is 126 Å². The van der Waals surface area contributed by atoms with Gasteiger partial charge >= 0.3 is 5.97 Å². The number of hydrogen-bond donors (Lipinski definition) is 1. The SMILES string of the molecule is CC[C@H](C)N(C(=O)COC(=O)c1n[nH]c(=O)c2ccccc12)[C@@H]1CCS(=O)(=O)C1. The number of amides is 1. The summed E-state index contributed by atoms with van der Waals surface area (Å²) in [5.41, 5.74) is -0.523. The largest absolute Gasteiger partial charge is 0.451 e. The lowest BCUT2D eigenvalue weighted by molar-refractivity contribution is -0.138. The molecule has 0 saturated carbocycles. The first-order valence-corrected chi connectivity index (χ1v) is 11.2. The first kappa shape index (κ1) is 21.0. The number of esters is 1. The fourth-order valence-electron chi connectivity index (χ4n) is 3.54. The van der Waals surface area contributed by atoms with Crippen LogP contribution < -0.4 is 5.56 Å². The van der Waals surface area contributed by atoms with Crippen LogP contribution in [0.25, 0.3) is 10.8 Å². The summed E-state index contributed by atoms with van der Waals surface area (Å²) in [6.45, 7) is 3.20. The molecule has 29 heavy (non-hydrogen) atoms. The normalized spacial score (nSPS) is 19.0. The van der Waals surface area contributed by atoms with Crippen LogP contribution in [-0.4, -0.2) is 65.6 Å². The second-order valence-electron chi connectivity index (χ2n) is 7.14. The van der Waals surface area contributed by atoms with E-state index in [4.69, 9.17) is 4.74 Å². The lowest BCUT2D eigenvalue weighted by atomic mass is 10.1. The third-order valence-electron chi connectivity index (χ3n) is 5.17. The number of ether oxygens (including phenoxy) is 1. The standard InChI is InChI=1S/C19H23N3O6S/c1-3-12(2)22(13-8-9-29(26,27)11-13)16(23)10-28-19(25)17-14-6-4-5-7-15(14)18(24)21-20-17/h4-7,12-13H,3,8-11H2,1-2H3,(H,21,24)/t12-,13+/m0/s1. The van der Waals surface area contributed by atoms with Gasteiger partial charge in [0.05, 0.1) is 16.9 Å². The number of aromatic amines is 1. The van der Waals surface area contributed by atoms with Gasteiger partial charge in [-0.3, -0.25) is 9.59 Å². The molecule has 1 aliphatic rings. The minimum atomic E-state index is -3.16. The molecular weight excluding hydrogens is 398 g/mol. The summed E-state index contributed by atoms with van der Waals surface area (Å²) in [5, 5.41) is 6.63. The molecule has 2 aromatic rings. The fraction of sp³-hybridized carbons (Fsp3) is 0.474. The summed E-state index contributed by atoms with van der Waals surface area (Å²) in [5.74, 6) is -1.33. The molecule has 1 amide bonds. The van der Waals surface area contributed by atoms with Crippen molar-refractivity contribution in [3.05, 3.63) is 40.3 Å². The van der Waals surface area contributed by atoms with E-state index in [9.17, 15) is 22.8 Å². The second kappa shape index (κ2) is 8.32. The average Bonchev–Trinajstić information content (AvgIpc) is 3.05. The molecule has 1 aromatic heterocycles. The monoisotopic (exact) mass is 421 g/mol. The molecule has 0 spiro atoms. The van der Waals surface area contributed by atoms with Crippen LogP contribution in [0.5, 0.6) is 0 Å². The zero-order chi connectivity index (χ0) is 21.2. The molecule has 0 aliphatic carbocycles. The van der Waals surface area contributed by atoms with Gasteiger partial charge < -0.3 is 9.64 Å². The summed E-state index contributed by atoms with van der Waals surface area (Å²) in [4.78, 5) is 38.6. The van der Waals surface area contributed by atoms with E-state index >= 15 is 0 Å². The number of hydrogen-bond acceptors (Lipinski definition) is 7. The van der Waals surface area contributed by atoms with Crippen molar-refractivity contribution in [1.29, 1.82) is 0 Å². The molecule has 2 atom stereocenters. The number of rotatable bonds is 6. The molecule has 3 rings (SSSR count). The molecule has 0 unspecified atom stereocenters. The van der Waals surface area contributed by atoms with Crippen LogP contribution in [-0.2, 0) is 19.4 Å². The van der Waals surface area contributed by atoms with Crippen molar-refractivity contribution >= 4 is 32.5 Å². The van der Waals surface area contributed by atoms with Gasteiger partial charge in [-0.25, -0.2) is 18.3 Å². The van der Waals surface area contributed by atoms with Crippen molar-refractivity contribution in [3.63, 3.8) is 0 Å². The third kappa shape index (κ3) is 4.47. The molecule has 0 radical (unpaired) electrons. The van der Waals surface area contributed by atoms with Gasteiger partial charge in [0.25, 0.3) is 11.5 Å². The van der Waals surface area contributed by atoms with Crippen molar-refractivity contribution in [2.24, 2.45) is 0 Å². The molecule has 10 heteroatoms. The quantitative estimate of drug-likeness (QED) is 0.687. The minimum absolute atomic E-state index is 0.0466. The van der Waals surface area contributed by atoms with Gasteiger partial charge in [0.2, 0.25) is 0 Å². The van der Waals surface area contributed by atoms with Crippen LogP contribution in [0.3, 0.4) is 0 Å². The highest BCUT2D eigenvalue weighted by atomic mass is 32.2. The van der Waals surface area contributed by atoms with E-state index < -0.39 is 39.9 Å². The van der Waals surface area contributed by atoms with Gasteiger partial charge in [-0.1, -0.05) is 25.1 Å². The maximum Gasteiger partial charge on any atom is 0.359 e. The Hall–Kier alpha value is -2.75. The smallest absolute Gasteiger partial charge is 0.359 e. The second-order valence-corrected chi connectivity index (χ2v) is 9.37. The number of sulfone groups is 1. The van der Waals surface area contributed by atoms with E-state index in [0.717, 1.165) is 0 Å². The summed E-state index contributed by atoms with van der Waals surface area (Å²) >= 11 is 0. The maximum atomic E-state index is 12.8. The zero-order valence-electron chi connectivity index (χ0n) is 16.3. The van der Waals surface area contributed by atoms with Gasteiger partial charge in [0.1, 0.15) is 0 Å². The predicted molar refractivity (Wildman–Crippen MR) is 106 cm³/mol. The van der Waals surface area contributed by atoms with Crippen molar-refractivity contribution in [2.75, 3.05) is 18.1 Å². The third-order valence-corrected chi connectivity index (χ3v) is 6.92. The summed E-state index contributed by atoms with van der Waals surface area (Å²) in [6, 6.07) is 5.85. The number of nitrogens with one attached hydrogen (secondary N) is 1. The Morgan fingerprint density at radius 2 is 2.00 bits per heavy atom. The highest BCUT2D eigenvalue weighted by Gasteiger charge is 2.36. The molecule has 0 bridgehead atoms. The van der Waals surface area contributed by atoms with Crippen molar-refractivity contribution in [3.8, 4) is 0 Å². The van der Waals surface area contributed by atoms with E-state index in [1.54, 1.807) is 24.3 Å². The molecule has 1 fully saturated rings. The first-order valence-electron chi connectivity index (χ1n) is 9.39. The fourth-order valence-corrected chi connectivity index (χ4v) is 5.25. The highest BCUT2D eigenvalue weighted by molar-refractivity contribution is 7.91. The number of benzene rings is 1. The highest BCUT2D eigenvalue weighted by Crippen LogP contribution is 2.22. The molecule has 1 aliphatic heterocycles. The van der Waals surface area contributed by atoms with Crippen molar-refractivity contribution in [1.82, 2.24) is 15.1 Å². The number of aromatic nitrogens is 2. The summed E-state index contributed by atoms with van der Waals surface area (Å²) in [6.07, 6.45) is 1.01. The predicted octanol–water partition coefficient (Wildman–Crippen LogP) is 0.894. The summed E-state index contributed by atoms with van der Waals surface area (Å²) < 4.78 is 28.8. The minimum Gasteiger partial charge on any atom is -0.451 e. The number of carbonyl (C=O) groups is 2. The molecular formula is C19H23N3O6S. The first-order chi connectivity index (χ1) is 13.7.